The van der Waals surface area contributed by atoms with E-state index in [4.69, 9.17) is 4.74 Å². The summed E-state index contributed by atoms with van der Waals surface area (Å²) in [4.78, 5) is 0. The monoisotopic (exact) mass is 211 g/mol. The van der Waals surface area contributed by atoms with E-state index < -0.39 is 0 Å². The van der Waals surface area contributed by atoms with Gasteiger partial charge in [-0.3, -0.25) is 0 Å². The molecule has 2 nitrogen and oxygen atoms in total. The van der Waals surface area contributed by atoms with Crippen LogP contribution in [0.1, 0.15) is 52.4 Å². The van der Waals surface area contributed by atoms with Gasteiger partial charge in [0.15, 0.2) is 0 Å². The van der Waals surface area contributed by atoms with E-state index in [1.54, 1.807) is 0 Å². The minimum Gasteiger partial charge on any atom is -0.378 e. The van der Waals surface area contributed by atoms with Crippen LogP contribution in [-0.4, -0.2) is 24.8 Å². The van der Waals surface area contributed by atoms with Gasteiger partial charge in [-0.2, -0.15) is 0 Å². The Labute approximate surface area is 93.8 Å². The van der Waals surface area contributed by atoms with Crippen LogP contribution in [0.15, 0.2) is 0 Å². The molecule has 1 unspecified atom stereocenters. The van der Waals surface area contributed by atoms with Gasteiger partial charge < -0.3 is 10.1 Å². The molecule has 0 bridgehead atoms. The highest BCUT2D eigenvalue weighted by molar-refractivity contribution is 4.89. The van der Waals surface area contributed by atoms with Crippen molar-refractivity contribution >= 4 is 0 Å². The van der Waals surface area contributed by atoms with Gasteiger partial charge in [0.25, 0.3) is 0 Å². The molecule has 88 valence electrons. The zero-order valence-corrected chi connectivity index (χ0v) is 10.2. The second-order valence-electron chi connectivity index (χ2n) is 5.25. The molecule has 15 heavy (non-hydrogen) atoms. The number of nitrogens with one attached hydrogen (secondary N) is 1. The van der Waals surface area contributed by atoms with E-state index in [0.29, 0.717) is 6.10 Å². The Morgan fingerprint density at radius 3 is 2.53 bits per heavy atom. The molecule has 0 aromatic carbocycles. The van der Waals surface area contributed by atoms with Crippen LogP contribution in [0.3, 0.4) is 0 Å². The lowest BCUT2D eigenvalue weighted by molar-refractivity contribution is -0.0134. The van der Waals surface area contributed by atoms with Gasteiger partial charge in [0.2, 0.25) is 0 Å². The minimum absolute atomic E-state index is 0.545. The molecule has 0 aromatic rings. The van der Waals surface area contributed by atoms with E-state index in [1.165, 1.54) is 38.5 Å². The Morgan fingerprint density at radius 1 is 1.27 bits per heavy atom. The van der Waals surface area contributed by atoms with Crippen LogP contribution in [-0.2, 0) is 4.74 Å². The molecule has 2 rings (SSSR count). The van der Waals surface area contributed by atoms with Gasteiger partial charge in [0, 0.05) is 18.7 Å². The molecule has 2 fully saturated rings. The zero-order chi connectivity index (χ0) is 10.7. The molecule has 0 aliphatic heterocycles. The van der Waals surface area contributed by atoms with Crippen LogP contribution in [0.5, 0.6) is 0 Å². The molecule has 0 spiro atoms. The van der Waals surface area contributed by atoms with Crippen molar-refractivity contribution in [1.29, 1.82) is 0 Å². The van der Waals surface area contributed by atoms with E-state index in [-0.39, 0.29) is 0 Å². The molecule has 2 aliphatic rings. The third-order valence-electron chi connectivity index (χ3n) is 4.10. The van der Waals surface area contributed by atoms with Crippen molar-refractivity contribution in [3.05, 3.63) is 0 Å². The minimum atomic E-state index is 0.545. The predicted octanol–water partition coefficient (Wildman–Crippen LogP) is 2.72. The van der Waals surface area contributed by atoms with Crippen molar-refractivity contribution in [2.45, 2.75) is 70.6 Å². The first-order valence-corrected chi connectivity index (χ1v) is 6.67. The van der Waals surface area contributed by atoms with Crippen LogP contribution in [0.2, 0.25) is 0 Å². The topological polar surface area (TPSA) is 21.3 Å². The maximum Gasteiger partial charge on any atom is 0.0604 e. The Kier molecular flexibility index (Phi) is 4.04. The molecule has 0 saturated heterocycles. The molecule has 2 saturated carbocycles. The maximum absolute atomic E-state index is 5.58. The summed E-state index contributed by atoms with van der Waals surface area (Å²) < 4.78 is 5.58. The summed E-state index contributed by atoms with van der Waals surface area (Å²) in [5, 5.41) is 3.77. The van der Waals surface area contributed by atoms with Gasteiger partial charge >= 0.3 is 0 Å². The van der Waals surface area contributed by atoms with Gasteiger partial charge in [0.1, 0.15) is 0 Å². The van der Waals surface area contributed by atoms with E-state index in [1.807, 2.05) is 0 Å². The Morgan fingerprint density at radius 2 is 1.93 bits per heavy atom. The fourth-order valence-electron chi connectivity index (χ4n) is 3.04. The number of ether oxygens (including phenoxy) is 1. The average molecular weight is 211 g/mol. The van der Waals surface area contributed by atoms with Crippen molar-refractivity contribution in [2.24, 2.45) is 5.92 Å². The second-order valence-corrected chi connectivity index (χ2v) is 5.25. The maximum atomic E-state index is 5.58. The van der Waals surface area contributed by atoms with Crippen molar-refractivity contribution < 1.29 is 4.74 Å². The summed E-state index contributed by atoms with van der Waals surface area (Å²) in [5.74, 6) is 0.941. The summed E-state index contributed by atoms with van der Waals surface area (Å²) in [7, 11) is 0. The third-order valence-corrected chi connectivity index (χ3v) is 4.10. The van der Waals surface area contributed by atoms with E-state index in [0.717, 1.165) is 24.6 Å². The van der Waals surface area contributed by atoms with Crippen LogP contribution in [0.4, 0.5) is 0 Å². The first-order chi connectivity index (χ1) is 7.29. The Hall–Kier alpha value is -0.0800. The molecule has 0 aromatic heterocycles. The molecule has 2 aliphatic carbocycles. The summed E-state index contributed by atoms with van der Waals surface area (Å²) >= 11 is 0. The quantitative estimate of drug-likeness (QED) is 0.755. The lowest BCUT2D eigenvalue weighted by Crippen LogP contribution is -2.50. The smallest absolute Gasteiger partial charge is 0.0604 e. The molecule has 1 N–H and O–H groups in total. The lowest BCUT2D eigenvalue weighted by Gasteiger charge is -2.38. The van der Waals surface area contributed by atoms with Crippen molar-refractivity contribution in [1.82, 2.24) is 5.32 Å². The van der Waals surface area contributed by atoms with Crippen LogP contribution in [0.25, 0.3) is 0 Å². The number of hydrogen-bond acceptors (Lipinski definition) is 2. The summed E-state index contributed by atoms with van der Waals surface area (Å²) in [6.07, 6.45) is 8.77. The van der Waals surface area contributed by atoms with E-state index in [2.05, 4.69) is 19.2 Å². The highest BCUT2D eigenvalue weighted by Crippen LogP contribution is 2.30. The van der Waals surface area contributed by atoms with Gasteiger partial charge in [-0.15, -0.1) is 0 Å². The second kappa shape index (κ2) is 5.31. The number of hydrogen-bond donors (Lipinski definition) is 1. The summed E-state index contributed by atoms with van der Waals surface area (Å²) in [6.45, 7) is 5.32. The fourth-order valence-corrected chi connectivity index (χ4v) is 3.04. The largest absolute Gasteiger partial charge is 0.378 e. The van der Waals surface area contributed by atoms with Gasteiger partial charge in [-0.1, -0.05) is 12.8 Å². The van der Waals surface area contributed by atoms with Crippen LogP contribution in [0, 0.1) is 5.92 Å². The first-order valence-electron chi connectivity index (χ1n) is 6.67. The van der Waals surface area contributed by atoms with E-state index in [9.17, 15) is 0 Å². The molecule has 0 radical (unpaired) electrons. The van der Waals surface area contributed by atoms with Crippen molar-refractivity contribution in [3.8, 4) is 0 Å². The standard InChI is InChI=1S/C13H25NO/c1-3-15-13-8-12(9-13)14-10(2)11-6-4-5-7-11/h10-14H,3-9H2,1-2H3. The Balaban J connectivity index is 1.61. The SMILES string of the molecule is CCOC1CC(NC(C)C2CCCC2)C1. The molecule has 0 amide bonds. The van der Waals surface area contributed by atoms with Crippen LogP contribution < -0.4 is 5.32 Å². The first kappa shape index (κ1) is 11.4. The van der Waals surface area contributed by atoms with Crippen LogP contribution >= 0.6 is 0 Å². The Bertz CT molecular complexity index is 183. The molecule has 2 heteroatoms. The molecule has 1 atom stereocenters. The van der Waals surface area contributed by atoms with Gasteiger partial charge in [-0.05, 0) is 45.4 Å². The molecular formula is C13H25NO. The van der Waals surface area contributed by atoms with E-state index >= 15 is 0 Å². The van der Waals surface area contributed by atoms with Gasteiger partial charge in [-0.25, -0.2) is 0 Å². The number of rotatable bonds is 5. The van der Waals surface area contributed by atoms with Crippen molar-refractivity contribution in [2.75, 3.05) is 6.61 Å². The highest BCUT2D eigenvalue weighted by Gasteiger charge is 2.32. The zero-order valence-electron chi connectivity index (χ0n) is 10.2. The average Bonchev–Trinajstić information content (AvgIpc) is 2.67. The van der Waals surface area contributed by atoms with Gasteiger partial charge in [0.05, 0.1) is 6.10 Å². The predicted molar refractivity (Wildman–Crippen MR) is 63.0 cm³/mol. The lowest BCUT2D eigenvalue weighted by atomic mass is 9.87. The normalized spacial score (nSPS) is 34.0. The fraction of sp³-hybridized carbons (Fsp3) is 1.00. The summed E-state index contributed by atoms with van der Waals surface area (Å²) in [6, 6.07) is 1.46. The van der Waals surface area contributed by atoms with Crippen molar-refractivity contribution in [3.63, 3.8) is 0 Å². The third kappa shape index (κ3) is 2.94. The summed E-state index contributed by atoms with van der Waals surface area (Å²) in [5.41, 5.74) is 0. The molecule has 0 heterocycles. The highest BCUT2D eigenvalue weighted by atomic mass is 16.5. The molecular weight excluding hydrogens is 186 g/mol.